The van der Waals surface area contributed by atoms with Crippen LogP contribution in [0.5, 0.6) is 34.5 Å². The predicted molar refractivity (Wildman–Crippen MR) is 100 cm³/mol. The minimum Gasteiger partial charge on any atom is -0.497 e. The van der Waals surface area contributed by atoms with Crippen LogP contribution in [0.25, 0.3) is 0 Å². The molecular formula is C18H24O6Si. The molecule has 0 aromatic heterocycles. The number of ether oxygens (including phenoxy) is 6. The average molecular weight is 364 g/mol. The molecule has 0 saturated carbocycles. The smallest absolute Gasteiger partial charge is 0.126 e. The van der Waals surface area contributed by atoms with Crippen LogP contribution in [-0.4, -0.2) is 52.2 Å². The molecule has 0 atom stereocenters. The van der Waals surface area contributed by atoms with Crippen LogP contribution in [0.2, 0.25) is 0 Å². The first kappa shape index (κ1) is 18.8. The minimum absolute atomic E-state index is 0.681. The van der Waals surface area contributed by atoms with Crippen LogP contribution in [0.1, 0.15) is 0 Å². The first-order valence-electron chi connectivity index (χ1n) is 7.69. The molecule has 0 spiro atoms. The molecule has 136 valence electrons. The number of hydrogen-bond donors (Lipinski definition) is 0. The molecule has 0 heterocycles. The number of benzene rings is 2. The van der Waals surface area contributed by atoms with Crippen LogP contribution < -0.4 is 38.8 Å². The molecule has 0 aliphatic rings. The van der Waals surface area contributed by atoms with Crippen LogP contribution in [0.15, 0.2) is 24.3 Å². The lowest BCUT2D eigenvalue weighted by molar-refractivity contribution is 0.379. The molecule has 2 aromatic carbocycles. The van der Waals surface area contributed by atoms with Gasteiger partial charge in [0, 0.05) is 34.6 Å². The first-order valence-corrected chi connectivity index (χ1v) is 9.10. The molecule has 0 aliphatic heterocycles. The van der Waals surface area contributed by atoms with Crippen LogP contribution in [0.3, 0.4) is 0 Å². The quantitative estimate of drug-likeness (QED) is 0.648. The SMILES string of the molecule is COc1cc(OC)c([SiH2]c2c(OC)cc(OC)cc2OC)c(OC)c1. The third kappa shape index (κ3) is 3.93. The van der Waals surface area contributed by atoms with E-state index in [0.717, 1.165) is 33.4 Å². The van der Waals surface area contributed by atoms with Crippen molar-refractivity contribution in [2.45, 2.75) is 0 Å². The van der Waals surface area contributed by atoms with Crippen molar-refractivity contribution >= 4 is 19.9 Å². The van der Waals surface area contributed by atoms with Gasteiger partial charge in [0.05, 0.1) is 42.7 Å². The Morgan fingerprint density at radius 3 is 0.960 bits per heavy atom. The van der Waals surface area contributed by atoms with E-state index < -0.39 is 9.52 Å². The highest BCUT2D eigenvalue weighted by atomic mass is 28.2. The Morgan fingerprint density at radius 1 is 0.480 bits per heavy atom. The summed E-state index contributed by atoms with van der Waals surface area (Å²) in [6, 6.07) is 7.42. The lowest BCUT2D eigenvalue weighted by Crippen LogP contribution is -2.32. The normalized spacial score (nSPS) is 10.2. The third-order valence-electron chi connectivity index (χ3n) is 3.99. The zero-order valence-corrected chi connectivity index (χ0v) is 16.9. The Kier molecular flexibility index (Phi) is 6.41. The lowest BCUT2D eigenvalue weighted by atomic mass is 10.3. The van der Waals surface area contributed by atoms with E-state index in [4.69, 9.17) is 28.4 Å². The zero-order chi connectivity index (χ0) is 18.4. The molecule has 0 radical (unpaired) electrons. The highest BCUT2D eigenvalue weighted by Crippen LogP contribution is 2.28. The van der Waals surface area contributed by atoms with Crippen molar-refractivity contribution in [2.75, 3.05) is 42.7 Å². The van der Waals surface area contributed by atoms with Gasteiger partial charge in [0.25, 0.3) is 0 Å². The summed E-state index contributed by atoms with van der Waals surface area (Å²) in [4.78, 5) is 0. The van der Waals surface area contributed by atoms with Crippen molar-refractivity contribution in [1.29, 1.82) is 0 Å². The fourth-order valence-corrected chi connectivity index (χ4v) is 4.72. The molecule has 6 nitrogen and oxygen atoms in total. The van der Waals surface area contributed by atoms with Crippen molar-refractivity contribution < 1.29 is 28.4 Å². The topological polar surface area (TPSA) is 55.4 Å². The van der Waals surface area contributed by atoms with Crippen LogP contribution in [0, 0.1) is 0 Å². The minimum atomic E-state index is -1.05. The Labute approximate surface area is 150 Å². The summed E-state index contributed by atoms with van der Waals surface area (Å²) in [5.41, 5.74) is 0. The summed E-state index contributed by atoms with van der Waals surface area (Å²) in [5, 5.41) is 2.01. The Morgan fingerprint density at radius 2 is 0.760 bits per heavy atom. The second kappa shape index (κ2) is 8.52. The van der Waals surface area contributed by atoms with Crippen LogP contribution >= 0.6 is 0 Å². The monoisotopic (exact) mass is 364 g/mol. The maximum absolute atomic E-state index is 5.56. The second-order valence-corrected chi connectivity index (χ2v) is 6.97. The molecule has 0 amide bonds. The van der Waals surface area contributed by atoms with E-state index in [1.54, 1.807) is 42.7 Å². The van der Waals surface area contributed by atoms with E-state index in [2.05, 4.69) is 0 Å². The standard InChI is InChI=1S/C18H24O6Si/c1-19-11-7-13(21-3)17(14(8-11)22-4)25-18-15(23-5)9-12(20-2)10-16(18)24-6/h7-10H,25H2,1-6H3. The van der Waals surface area contributed by atoms with E-state index in [1.165, 1.54) is 0 Å². The van der Waals surface area contributed by atoms with Crippen molar-refractivity contribution in [3.63, 3.8) is 0 Å². The second-order valence-electron chi connectivity index (χ2n) is 5.20. The Bertz CT molecular complexity index is 620. The van der Waals surface area contributed by atoms with E-state index >= 15 is 0 Å². The van der Waals surface area contributed by atoms with Gasteiger partial charge in [-0.15, -0.1) is 0 Å². The first-order chi connectivity index (χ1) is 12.1. The van der Waals surface area contributed by atoms with E-state index in [-0.39, 0.29) is 0 Å². The van der Waals surface area contributed by atoms with E-state index in [9.17, 15) is 0 Å². The highest BCUT2D eigenvalue weighted by molar-refractivity contribution is 6.70. The number of hydrogen-bond acceptors (Lipinski definition) is 6. The summed E-state index contributed by atoms with van der Waals surface area (Å²) < 4.78 is 32.9. The van der Waals surface area contributed by atoms with Gasteiger partial charge in [-0.1, -0.05) is 0 Å². The summed E-state index contributed by atoms with van der Waals surface area (Å²) in [6.45, 7) is 0. The van der Waals surface area contributed by atoms with Crippen molar-refractivity contribution in [1.82, 2.24) is 0 Å². The van der Waals surface area contributed by atoms with Gasteiger partial charge in [0.1, 0.15) is 44.0 Å². The molecule has 0 unspecified atom stereocenters. The third-order valence-corrected chi connectivity index (χ3v) is 6.09. The van der Waals surface area contributed by atoms with Crippen molar-refractivity contribution in [3.05, 3.63) is 24.3 Å². The van der Waals surface area contributed by atoms with E-state index in [1.807, 2.05) is 24.3 Å². The Hall–Kier alpha value is -2.54. The maximum atomic E-state index is 5.56. The van der Waals surface area contributed by atoms with Crippen molar-refractivity contribution in [3.8, 4) is 34.5 Å². The van der Waals surface area contributed by atoms with Gasteiger partial charge in [-0.3, -0.25) is 0 Å². The molecule has 2 rings (SSSR count). The number of methoxy groups -OCH3 is 6. The summed E-state index contributed by atoms with van der Waals surface area (Å²) in [6.07, 6.45) is 0. The molecular weight excluding hydrogens is 340 g/mol. The fourth-order valence-electron chi connectivity index (χ4n) is 2.68. The van der Waals surface area contributed by atoms with E-state index in [0.29, 0.717) is 11.5 Å². The predicted octanol–water partition coefficient (Wildman–Crippen LogP) is 0.858. The largest absolute Gasteiger partial charge is 0.497 e. The molecule has 0 fully saturated rings. The Balaban J connectivity index is 2.59. The van der Waals surface area contributed by atoms with Gasteiger partial charge in [0.15, 0.2) is 0 Å². The van der Waals surface area contributed by atoms with Crippen LogP contribution in [-0.2, 0) is 0 Å². The van der Waals surface area contributed by atoms with Gasteiger partial charge >= 0.3 is 0 Å². The summed E-state index contributed by atoms with van der Waals surface area (Å²) in [7, 11) is 8.71. The highest BCUT2D eigenvalue weighted by Gasteiger charge is 2.20. The van der Waals surface area contributed by atoms with Gasteiger partial charge in [-0.2, -0.15) is 0 Å². The molecule has 2 aromatic rings. The summed E-state index contributed by atoms with van der Waals surface area (Å²) >= 11 is 0. The van der Waals surface area contributed by atoms with Crippen LogP contribution in [0.4, 0.5) is 0 Å². The fraction of sp³-hybridized carbons (Fsp3) is 0.333. The molecule has 7 heteroatoms. The molecule has 0 bridgehead atoms. The lowest BCUT2D eigenvalue weighted by Gasteiger charge is -2.18. The van der Waals surface area contributed by atoms with Gasteiger partial charge in [0.2, 0.25) is 0 Å². The van der Waals surface area contributed by atoms with Gasteiger partial charge < -0.3 is 28.4 Å². The van der Waals surface area contributed by atoms with Crippen molar-refractivity contribution in [2.24, 2.45) is 0 Å². The van der Waals surface area contributed by atoms with Gasteiger partial charge in [-0.25, -0.2) is 0 Å². The summed E-state index contributed by atoms with van der Waals surface area (Å²) in [5.74, 6) is 4.26. The molecule has 0 saturated heterocycles. The molecule has 0 aliphatic carbocycles. The average Bonchev–Trinajstić information content (AvgIpc) is 2.67. The number of rotatable bonds is 8. The molecule has 0 N–H and O–H groups in total. The molecule has 25 heavy (non-hydrogen) atoms. The van der Waals surface area contributed by atoms with Gasteiger partial charge in [-0.05, 0) is 0 Å². The zero-order valence-electron chi connectivity index (χ0n) is 15.5. The maximum Gasteiger partial charge on any atom is 0.126 e.